The number of carbonyl (C=O) groups is 2. The first-order valence-electron chi connectivity index (χ1n) is 17.1. The molecule has 11 nitrogen and oxygen atoms in total. The lowest BCUT2D eigenvalue weighted by molar-refractivity contribution is -0.133. The SMILES string of the molecule is COc1cc(-c2cn(C)c(=O)c3cnc#cc23)cc(Cl)c1CN1CC[C@H](N2CCN(c3ccc(N[C@H]4CCC(=O)NC4=O)cc3F)CC2)C(F)(F)C1. The van der Waals surface area contributed by atoms with Crippen molar-refractivity contribution in [2.24, 2.45) is 7.05 Å². The first-order chi connectivity index (χ1) is 24.9. The first-order valence-corrected chi connectivity index (χ1v) is 17.4. The second kappa shape index (κ2) is 14.3. The van der Waals surface area contributed by atoms with Crippen molar-refractivity contribution in [2.75, 3.05) is 56.6 Å². The molecule has 0 radical (unpaired) electrons. The highest BCUT2D eigenvalue weighted by Crippen LogP contribution is 2.39. The number of aryl methyl sites for hydroxylation is 1. The molecule has 4 aromatic rings. The zero-order valence-electron chi connectivity index (χ0n) is 28.6. The standard InChI is InChI=1S/C37H37ClF3N7O4/c1-45-19-26(24-7-9-42-18-25(24)36(45)51)22-15-28(38)27(32(16-22)52-2)20-46-10-8-33(37(40,41)21-46)48-13-11-47(12-14-48)31-5-3-23(17-29(31)39)43-30-4-6-34(49)44-35(30)50/h3,5,15-19,30,33,43H,4,6,8,10-14,20-21H2,1-2H3,(H,44,49,50)/t30-,33-/m0/s1. The van der Waals surface area contributed by atoms with E-state index in [-0.39, 0.29) is 30.9 Å². The smallest absolute Gasteiger partial charge is 0.275 e. The highest BCUT2D eigenvalue weighted by molar-refractivity contribution is 6.32. The monoisotopic (exact) mass is 735 g/mol. The van der Waals surface area contributed by atoms with Gasteiger partial charge in [0.05, 0.1) is 42.4 Å². The molecule has 0 saturated carbocycles. The molecule has 3 saturated heterocycles. The summed E-state index contributed by atoms with van der Waals surface area (Å²) < 4.78 is 54.1. The Morgan fingerprint density at radius 3 is 2.60 bits per heavy atom. The van der Waals surface area contributed by atoms with Gasteiger partial charge in [0.25, 0.3) is 11.5 Å². The number of piperidine rings is 2. The highest BCUT2D eigenvalue weighted by atomic mass is 35.5. The van der Waals surface area contributed by atoms with Crippen molar-refractivity contribution in [3.8, 4) is 16.9 Å². The molecule has 0 spiro atoms. The number of benzene rings is 2. The lowest BCUT2D eigenvalue weighted by Crippen LogP contribution is -2.61. The van der Waals surface area contributed by atoms with Crippen molar-refractivity contribution in [1.82, 2.24) is 24.7 Å². The van der Waals surface area contributed by atoms with Gasteiger partial charge in [0.1, 0.15) is 17.6 Å². The third kappa shape index (κ3) is 7.00. The lowest BCUT2D eigenvalue weighted by atomic mass is 9.96. The molecule has 0 aliphatic carbocycles. The van der Waals surface area contributed by atoms with Crippen LogP contribution in [-0.2, 0) is 23.2 Å². The molecule has 3 aliphatic heterocycles. The second-order valence-electron chi connectivity index (χ2n) is 13.5. The normalized spacial score (nSPS) is 21.2. The third-order valence-electron chi connectivity index (χ3n) is 10.2. The van der Waals surface area contributed by atoms with Crippen molar-refractivity contribution in [1.29, 1.82) is 0 Å². The molecule has 2 atom stereocenters. The number of alkyl halides is 2. The Kier molecular flexibility index (Phi) is 9.77. The Labute approximate surface area is 303 Å². The average Bonchev–Trinajstić information content (AvgIpc) is 3.12. The van der Waals surface area contributed by atoms with Gasteiger partial charge in [0, 0.05) is 87.0 Å². The number of methoxy groups -OCH3 is 1. The van der Waals surface area contributed by atoms with Crippen LogP contribution in [0.4, 0.5) is 24.5 Å². The third-order valence-corrected chi connectivity index (χ3v) is 10.5. The Hall–Kier alpha value is -4.84. The minimum absolute atomic E-state index is 0.157. The number of amides is 2. The summed E-state index contributed by atoms with van der Waals surface area (Å²) in [4.78, 5) is 45.4. The van der Waals surface area contributed by atoms with Crippen LogP contribution in [0, 0.1) is 18.1 Å². The summed E-state index contributed by atoms with van der Waals surface area (Å²) in [6, 6.07) is 9.46. The summed E-state index contributed by atoms with van der Waals surface area (Å²) in [6.07, 6.45) is 6.55. The van der Waals surface area contributed by atoms with Crippen LogP contribution in [0.3, 0.4) is 0 Å². The molecule has 0 bridgehead atoms. The van der Waals surface area contributed by atoms with Crippen LogP contribution in [0.25, 0.3) is 21.9 Å². The van der Waals surface area contributed by atoms with Gasteiger partial charge >= 0.3 is 0 Å². The van der Waals surface area contributed by atoms with Gasteiger partial charge in [0.15, 0.2) is 0 Å². The Morgan fingerprint density at radius 2 is 1.88 bits per heavy atom. The maximum absolute atomic E-state index is 15.8. The molecule has 2 aromatic carbocycles. The van der Waals surface area contributed by atoms with Crippen LogP contribution in [0.1, 0.15) is 24.8 Å². The number of ether oxygens (including phenoxy) is 1. The minimum atomic E-state index is -3.01. The van der Waals surface area contributed by atoms with Gasteiger partial charge in [-0.3, -0.25) is 29.5 Å². The number of hydrogen-bond donors (Lipinski definition) is 2. The van der Waals surface area contributed by atoms with Gasteiger partial charge in [-0.05, 0) is 54.8 Å². The zero-order valence-corrected chi connectivity index (χ0v) is 29.4. The van der Waals surface area contributed by atoms with E-state index in [0.717, 1.165) is 0 Å². The molecule has 2 amide bonds. The van der Waals surface area contributed by atoms with Crippen LogP contribution < -0.4 is 25.8 Å². The van der Waals surface area contributed by atoms with Crippen molar-refractivity contribution in [2.45, 2.75) is 43.8 Å². The molecule has 7 rings (SSSR count). The molecule has 52 heavy (non-hydrogen) atoms. The van der Waals surface area contributed by atoms with E-state index >= 15 is 13.2 Å². The zero-order chi connectivity index (χ0) is 36.7. The molecule has 2 aromatic heterocycles. The van der Waals surface area contributed by atoms with E-state index < -0.39 is 36.3 Å². The van der Waals surface area contributed by atoms with E-state index in [0.29, 0.717) is 88.8 Å². The Balaban J connectivity index is 0.985. The molecule has 3 fully saturated rings. The lowest BCUT2D eigenvalue weighted by Gasteiger charge is -2.46. The number of likely N-dealkylation sites (tertiary alicyclic amines) is 1. The van der Waals surface area contributed by atoms with Crippen LogP contribution in [0.5, 0.6) is 5.75 Å². The fraction of sp³-hybridized carbons (Fsp3) is 0.405. The maximum atomic E-state index is 15.8. The number of rotatable bonds is 8. The molecule has 2 N–H and O–H groups in total. The van der Waals surface area contributed by atoms with E-state index in [2.05, 4.69) is 27.9 Å². The van der Waals surface area contributed by atoms with E-state index in [4.69, 9.17) is 16.3 Å². The number of hydrogen-bond acceptors (Lipinski definition) is 9. The predicted octanol–water partition coefficient (Wildman–Crippen LogP) is 4.25. The quantitative estimate of drug-likeness (QED) is 0.257. The fourth-order valence-electron chi connectivity index (χ4n) is 7.49. The number of pyridine rings is 1. The summed E-state index contributed by atoms with van der Waals surface area (Å²) in [5, 5.41) is 6.52. The minimum Gasteiger partial charge on any atom is -0.496 e. The van der Waals surface area contributed by atoms with E-state index in [1.165, 1.54) is 23.9 Å². The predicted molar refractivity (Wildman–Crippen MR) is 190 cm³/mol. The van der Waals surface area contributed by atoms with Gasteiger partial charge < -0.3 is 19.5 Å². The summed E-state index contributed by atoms with van der Waals surface area (Å²) in [7, 11) is 3.14. The van der Waals surface area contributed by atoms with Crippen molar-refractivity contribution in [3.63, 3.8) is 0 Å². The number of aromatic nitrogens is 2. The van der Waals surface area contributed by atoms with Crippen LogP contribution in [0.15, 0.2) is 47.5 Å². The van der Waals surface area contributed by atoms with Crippen molar-refractivity contribution in [3.05, 3.63) is 81.7 Å². The van der Waals surface area contributed by atoms with Gasteiger partial charge in [-0.25, -0.2) is 18.2 Å². The molecule has 0 unspecified atom stereocenters. The summed E-state index contributed by atoms with van der Waals surface area (Å²) >= 11 is 6.80. The topological polar surface area (TPSA) is 112 Å². The van der Waals surface area contributed by atoms with Gasteiger partial charge in [-0.15, -0.1) is 0 Å². The van der Waals surface area contributed by atoms with E-state index in [9.17, 15) is 14.4 Å². The van der Waals surface area contributed by atoms with Crippen LogP contribution in [0.2, 0.25) is 5.02 Å². The first kappa shape index (κ1) is 35.6. The summed E-state index contributed by atoms with van der Waals surface area (Å²) in [5.74, 6) is -3.82. The number of piperazine rings is 1. The van der Waals surface area contributed by atoms with E-state index in [1.54, 1.807) is 47.3 Å². The molecule has 3 aliphatic rings. The van der Waals surface area contributed by atoms with Crippen molar-refractivity contribution < 1.29 is 27.5 Å². The number of nitrogens with one attached hydrogen (secondary N) is 2. The molecular formula is C37H37ClF3N7O4. The maximum Gasteiger partial charge on any atom is 0.275 e. The summed E-state index contributed by atoms with van der Waals surface area (Å²) in [5.41, 5.74) is 2.50. The highest BCUT2D eigenvalue weighted by Gasteiger charge is 2.48. The number of anilines is 2. The van der Waals surface area contributed by atoms with Crippen LogP contribution >= 0.6 is 11.6 Å². The Bertz CT molecular complexity index is 2090. The number of carbonyl (C=O) groups excluding carboxylic acids is 2. The largest absolute Gasteiger partial charge is 0.496 e. The number of nitrogens with zero attached hydrogens (tertiary/aromatic N) is 5. The van der Waals surface area contributed by atoms with Gasteiger partial charge in [0.2, 0.25) is 11.8 Å². The van der Waals surface area contributed by atoms with Crippen molar-refractivity contribution >= 4 is 45.6 Å². The van der Waals surface area contributed by atoms with Gasteiger partial charge in [-0.2, -0.15) is 0 Å². The number of halogens is 4. The molecular weight excluding hydrogens is 699 g/mol. The molecule has 5 heterocycles. The molecule has 272 valence electrons. The van der Waals surface area contributed by atoms with E-state index in [1.807, 2.05) is 4.90 Å². The number of fused-ring (bicyclic) bond motifs is 1. The average molecular weight is 736 g/mol. The van der Waals surface area contributed by atoms with Gasteiger partial charge in [-0.1, -0.05) is 11.6 Å². The molecule has 15 heteroatoms. The number of imide groups is 1. The second-order valence-corrected chi connectivity index (χ2v) is 13.9. The fourth-order valence-corrected chi connectivity index (χ4v) is 7.76. The van der Waals surface area contributed by atoms with Crippen LogP contribution in [-0.4, -0.2) is 95.5 Å². The summed E-state index contributed by atoms with van der Waals surface area (Å²) in [6.45, 7) is 1.57. The Morgan fingerprint density at radius 1 is 1.10 bits per heavy atom.